The maximum Gasteiger partial charge on any atom is 0.255 e. The van der Waals surface area contributed by atoms with Crippen LogP contribution in [0.2, 0.25) is 0 Å². The van der Waals surface area contributed by atoms with Gasteiger partial charge in [0.1, 0.15) is 0 Å². The Hall–Kier alpha value is -2.31. The largest absolute Gasteiger partial charge is 0.379 e. The van der Waals surface area contributed by atoms with Gasteiger partial charge in [-0.1, -0.05) is 6.07 Å². The van der Waals surface area contributed by atoms with E-state index in [1.807, 2.05) is 0 Å². The van der Waals surface area contributed by atoms with Crippen molar-refractivity contribution in [2.75, 3.05) is 31.6 Å². The Morgan fingerprint density at radius 2 is 1.61 bits per heavy atom. The highest BCUT2D eigenvalue weighted by molar-refractivity contribution is 7.89. The van der Waals surface area contributed by atoms with E-state index in [1.165, 1.54) is 52.8 Å². The summed E-state index contributed by atoms with van der Waals surface area (Å²) >= 11 is 0. The number of ether oxygens (including phenoxy) is 1. The Morgan fingerprint density at radius 3 is 2.26 bits per heavy atom. The molecule has 1 saturated carbocycles. The highest BCUT2D eigenvalue weighted by Crippen LogP contribution is 2.23. The maximum atomic E-state index is 12.7. The number of carbonyl (C=O) groups is 1. The number of carbonyl (C=O) groups excluding carboxylic acids is 1. The quantitative estimate of drug-likeness (QED) is 0.638. The molecule has 2 aromatic carbocycles. The molecule has 9 nitrogen and oxygen atoms in total. The number of anilines is 1. The second-order valence-corrected chi connectivity index (χ2v) is 11.1. The summed E-state index contributed by atoms with van der Waals surface area (Å²) in [6.07, 6.45) is 1.63. The summed E-state index contributed by atoms with van der Waals surface area (Å²) < 4.78 is 59.2. The van der Waals surface area contributed by atoms with Gasteiger partial charge in [-0.15, -0.1) is 0 Å². The van der Waals surface area contributed by atoms with Crippen LogP contribution in [-0.2, 0) is 24.8 Å². The first-order valence-corrected chi connectivity index (χ1v) is 12.8. The summed E-state index contributed by atoms with van der Waals surface area (Å²) in [6.45, 7) is 1.32. The Balaban J connectivity index is 1.46. The highest BCUT2D eigenvalue weighted by atomic mass is 32.2. The molecule has 2 N–H and O–H groups in total. The molecule has 0 atom stereocenters. The van der Waals surface area contributed by atoms with Gasteiger partial charge in [-0.3, -0.25) is 4.79 Å². The first kappa shape index (κ1) is 21.9. The van der Waals surface area contributed by atoms with Crippen molar-refractivity contribution >= 4 is 31.6 Å². The lowest BCUT2D eigenvalue weighted by molar-refractivity contribution is 0.0730. The van der Waals surface area contributed by atoms with E-state index < -0.39 is 26.0 Å². The standard InChI is InChI=1S/C20H23N3O6S2/c24-20(15-2-1-3-19(14-15)30(25,26)22-17-4-5-17)21-16-6-8-18(9-7-16)31(27,28)23-10-12-29-13-11-23/h1-3,6-9,14,17,22H,4-5,10-13H2,(H,21,24). The summed E-state index contributed by atoms with van der Waals surface area (Å²) in [5.41, 5.74) is 0.582. The molecule has 2 aromatic rings. The van der Waals surface area contributed by atoms with Gasteiger partial charge in [-0.05, 0) is 55.3 Å². The minimum atomic E-state index is -3.67. The number of hydrogen-bond acceptors (Lipinski definition) is 6. The van der Waals surface area contributed by atoms with Gasteiger partial charge in [0, 0.05) is 30.4 Å². The lowest BCUT2D eigenvalue weighted by Crippen LogP contribution is -2.40. The zero-order valence-electron chi connectivity index (χ0n) is 16.7. The van der Waals surface area contributed by atoms with Gasteiger partial charge in [0.2, 0.25) is 20.0 Å². The van der Waals surface area contributed by atoms with Crippen molar-refractivity contribution in [3.8, 4) is 0 Å². The smallest absolute Gasteiger partial charge is 0.255 e. The number of nitrogens with zero attached hydrogens (tertiary/aromatic N) is 1. The number of morpholine rings is 1. The summed E-state index contributed by atoms with van der Waals surface area (Å²) in [5.74, 6) is -0.493. The number of nitrogens with one attached hydrogen (secondary N) is 2. The highest BCUT2D eigenvalue weighted by Gasteiger charge is 2.28. The molecule has 0 radical (unpaired) electrons. The Bertz CT molecular complexity index is 1170. The minimum absolute atomic E-state index is 0.0269. The van der Waals surface area contributed by atoms with E-state index in [0.29, 0.717) is 32.0 Å². The summed E-state index contributed by atoms with van der Waals surface area (Å²) in [5, 5.41) is 2.67. The van der Waals surface area contributed by atoms with Crippen LogP contribution in [0.3, 0.4) is 0 Å². The molecule has 1 amide bonds. The Labute approximate surface area is 181 Å². The molecule has 2 fully saturated rings. The molecule has 166 valence electrons. The van der Waals surface area contributed by atoms with Crippen LogP contribution in [0, 0.1) is 0 Å². The van der Waals surface area contributed by atoms with Crippen LogP contribution in [0.15, 0.2) is 58.3 Å². The van der Waals surface area contributed by atoms with Crippen molar-refractivity contribution in [2.45, 2.75) is 28.7 Å². The summed E-state index contributed by atoms with van der Waals surface area (Å²) in [4.78, 5) is 12.7. The van der Waals surface area contributed by atoms with Crippen LogP contribution < -0.4 is 10.0 Å². The first-order chi connectivity index (χ1) is 14.8. The maximum absolute atomic E-state index is 12.7. The average Bonchev–Trinajstić information content (AvgIpc) is 3.58. The SMILES string of the molecule is O=C(Nc1ccc(S(=O)(=O)N2CCOCC2)cc1)c1cccc(S(=O)(=O)NC2CC2)c1. The number of benzene rings is 2. The molecule has 11 heteroatoms. The molecular weight excluding hydrogens is 442 g/mol. The number of sulfonamides is 2. The van der Waals surface area contributed by atoms with Gasteiger partial charge in [0.15, 0.2) is 0 Å². The number of amides is 1. The normalized spacial score (nSPS) is 17.9. The predicted octanol–water partition coefficient (Wildman–Crippen LogP) is 1.40. The predicted molar refractivity (Wildman–Crippen MR) is 114 cm³/mol. The fraction of sp³-hybridized carbons (Fsp3) is 0.350. The van der Waals surface area contributed by atoms with Crippen molar-refractivity contribution in [3.05, 3.63) is 54.1 Å². The van der Waals surface area contributed by atoms with Crippen LogP contribution in [0.25, 0.3) is 0 Å². The van der Waals surface area contributed by atoms with Gasteiger partial charge in [-0.25, -0.2) is 21.6 Å². The van der Waals surface area contributed by atoms with E-state index in [-0.39, 0.29) is 21.4 Å². The molecule has 31 heavy (non-hydrogen) atoms. The zero-order valence-corrected chi connectivity index (χ0v) is 18.3. The van der Waals surface area contributed by atoms with Crippen molar-refractivity contribution < 1.29 is 26.4 Å². The molecule has 0 spiro atoms. The van der Waals surface area contributed by atoms with E-state index in [4.69, 9.17) is 4.74 Å². The zero-order chi connectivity index (χ0) is 22.1. The molecule has 1 aliphatic heterocycles. The molecule has 1 heterocycles. The van der Waals surface area contributed by atoms with Crippen molar-refractivity contribution in [3.63, 3.8) is 0 Å². The Morgan fingerprint density at radius 1 is 0.935 bits per heavy atom. The summed E-state index contributed by atoms with van der Waals surface area (Å²) in [7, 11) is -7.29. The van der Waals surface area contributed by atoms with Gasteiger partial charge in [-0.2, -0.15) is 4.31 Å². The lowest BCUT2D eigenvalue weighted by atomic mass is 10.2. The average molecular weight is 466 g/mol. The monoisotopic (exact) mass is 465 g/mol. The van der Waals surface area contributed by atoms with E-state index >= 15 is 0 Å². The van der Waals surface area contributed by atoms with Crippen molar-refractivity contribution in [1.82, 2.24) is 9.03 Å². The second kappa shape index (κ2) is 8.67. The topological polar surface area (TPSA) is 122 Å². The Kier molecular flexibility index (Phi) is 6.13. The fourth-order valence-electron chi connectivity index (χ4n) is 3.14. The fourth-order valence-corrected chi connectivity index (χ4v) is 5.90. The van der Waals surface area contributed by atoms with Gasteiger partial charge in [0.25, 0.3) is 5.91 Å². The third-order valence-corrected chi connectivity index (χ3v) is 8.46. The third kappa shape index (κ3) is 5.13. The van der Waals surface area contributed by atoms with Gasteiger partial charge < -0.3 is 10.1 Å². The molecular formula is C20H23N3O6S2. The number of hydrogen-bond donors (Lipinski definition) is 2. The molecule has 1 aliphatic carbocycles. The van der Waals surface area contributed by atoms with Gasteiger partial charge >= 0.3 is 0 Å². The molecule has 1 saturated heterocycles. The second-order valence-electron chi connectivity index (χ2n) is 7.42. The van der Waals surface area contributed by atoms with Crippen LogP contribution >= 0.6 is 0 Å². The van der Waals surface area contributed by atoms with Gasteiger partial charge in [0.05, 0.1) is 23.0 Å². The molecule has 0 unspecified atom stereocenters. The van der Waals surface area contributed by atoms with Crippen LogP contribution in [0.4, 0.5) is 5.69 Å². The lowest BCUT2D eigenvalue weighted by Gasteiger charge is -2.26. The van der Waals surface area contributed by atoms with Crippen LogP contribution in [0.1, 0.15) is 23.2 Å². The molecule has 4 rings (SSSR count). The number of rotatable bonds is 7. The molecule has 0 aromatic heterocycles. The third-order valence-electron chi connectivity index (χ3n) is 5.03. The molecule has 0 bridgehead atoms. The first-order valence-electron chi connectivity index (χ1n) is 9.87. The summed E-state index contributed by atoms with van der Waals surface area (Å²) in [6, 6.07) is 11.6. The van der Waals surface area contributed by atoms with E-state index in [9.17, 15) is 21.6 Å². The minimum Gasteiger partial charge on any atom is -0.379 e. The van der Waals surface area contributed by atoms with E-state index in [2.05, 4.69) is 10.0 Å². The van der Waals surface area contributed by atoms with Crippen molar-refractivity contribution in [2.24, 2.45) is 0 Å². The molecule has 2 aliphatic rings. The van der Waals surface area contributed by atoms with Crippen molar-refractivity contribution in [1.29, 1.82) is 0 Å². The van der Waals surface area contributed by atoms with E-state index in [1.54, 1.807) is 0 Å². The van der Waals surface area contributed by atoms with Crippen LogP contribution in [-0.4, -0.2) is 59.4 Å². The van der Waals surface area contributed by atoms with Crippen LogP contribution in [0.5, 0.6) is 0 Å². The van der Waals surface area contributed by atoms with E-state index in [0.717, 1.165) is 12.8 Å².